The Labute approximate surface area is 424 Å². The van der Waals surface area contributed by atoms with Gasteiger partial charge in [0.1, 0.15) is 19.3 Å². The monoisotopic (exact) mass is 983 g/mol. The second kappa shape index (κ2) is 48.6. The van der Waals surface area contributed by atoms with Gasteiger partial charge in [0.2, 0.25) is 5.91 Å². The number of quaternary nitrogens is 1. The van der Waals surface area contributed by atoms with Crippen LogP contribution in [0.5, 0.6) is 0 Å². The van der Waals surface area contributed by atoms with Gasteiger partial charge in [-0.25, -0.2) is 0 Å². The lowest BCUT2D eigenvalue weighted by atomic mass is 10.1. The minimum atomic E-state index is -4.72. The quantitative estimate of drug-likeness (QED) is 0.0212. The Bertz CT molecular complexity index is 1510. The highest BCUT2D eigenvalue weighted by molar-refractivity contribution is 7.45. The van der Waals surface area contributed by atoms with Crippen LogP contribution in [0.3, 0.4) is 0 Å². The van der Waals surface area contributed by atoms with Crippen LogP contribution in [0.1, 0.15) is 213 Å². The van der Waals surface area contributed by atoms with Gasteiger partial charge in [0.15, 0.2) is 0 Å². The van der Waals surface area contributed by atoms with Crippen LogP contribution < -0.4 is 10.2 Å². The highest BCUT2D eigenvalue weighted by atomic mass is 31.2. The number of esters is 1. The molecule has 69 heavy (non-hydrogen) atoms. The highest BCUT2D eigenvalue weighted by Crippen LogP contribution is 2.38. The molecule has 0 aliphatic carbocycles. The van der Waals surface area contributed by atoms with E-state index >= 15 is 0 Å². The van der Waals surface area contributed by atoms with Crippen LogP contribution in [-0.2, 0) is 27.9 Å². The molecule has 0 radical (unpaired) electrons. The molecule has 1 N–H and O–H groups in total. The minimum absolute atomic E-state index is 0.0409. The molecule has 0 heterocycles. The van der Waals surface area contributed by atoms with Gasteiger partial charge >= 0.3 is 5.97 Å². The number of amides is 1. The van der Waals surface area contributed by atoms with Crippen LogP contribution in [-0.4, -0.2) is 69.4 Å². The van der Waals surface area contributed by atoms with Crippen LogP contribution in [0, 0.1) is 0 Å². The first-order valence-electron chi connectivity index (χ1n) is 27.5. The summed E-state index contributed by atoms with van der Waals surface area (Å²) in [5, 5.41) is 2.97. The number of hydrogen-bond donors (Lipinski definition) is 1. The van der Waals surface area contributed by atoms with Gasteiger partial charge in [0.05, 0.1) is 33.8 Å². The molecule has 0 aliphatic rings. The standard InChI is InChI=1S/C59H103N2O7P/c1-7-10-13-16-19-22-25-28-30-31-32-33-36-39-42-45-48-51-58(62)60-56(55-67-69(64,65)66-54-53-61(4,5)6)57(50-47-44-41-38-35-27-24-21-18-15-12-9-3)68-59(63)52-49-46-43-40-37-34-29-26-23-20-17-14-11-8-2/h11,14,19-20,22-23,28-30,32-34,39,42,47,50,56-57H,7-10,12-13,15-18,21,24-27,31,35-38,40-41,43-46,48-49,51-55H2,1-6H3,(H-,60,62,64,65)/b14-11+,22-19-,23-20+,30-28-,33-32-,34-29+,42-39-,50-47+. The van der Waals surface area contributed by atoms with Crippen LogP contribution in [0.25, 0.3) is 0 Å². The Morgan fingerprint density at radius 3 is 1.45 bits per heavy atom. The first-order chi connectivity index (χ1) is 33.4. The molecular formula is C59H103N2O7P. The summed E-state index contributed by atoms with van der Waals surface area (Å²) in [7, 11) is 1.12. The van der Waals surface area contributed by atoms with E-state index < -0.39 is 26.6 Å². The third kappa shape index (κ3) is 49.7. The average molecular weight is 983 g/mol. The molecule has 0 aromatic carbocycles. The first kappa shape index (κ1) is 65.9. The van der Waals surface area contributed by atoms with Crippen LogP contribution in [0.4, 0.5) is 0 Å². The van der Waals surface area contributed by atoms with Crippen molar-refractivity contribution in [3.63, 3.8) is 0 Å². The Morgan fingerprint density at radius 2 is 0.942 bits per heavy atom. The summed E-state index contributed by atoms with van der Waals surface area (Å²) in [5.41, 5.74) is 0. The van der Waals surface area contributed by atoms with Crippen molar-refractivity contribution in [3.8, 4) is 0 Å². The fourth-order valence-corrected chi connectivity index (χ4v) is 7.96. The number of likely N-dealkylation sites (N-methyl/N-ethyl adjacent to an activating group) is 1. The number of carbonyl (C=O) groups is 2. The number of carbonyl (C=O) groups excluding carboxylic acids is 2. The summed E-state index contributed by atoms with van der Waals surface area (Å²) in [4.78, 5) is 39.7. The predicted molar refractivity (Wildman–Crippen MR) is 293 cm³/mol. The molecule has 0 aliphatic heterocycles. The number of unbranched alkanes of at least 4 members (excludes halogenated alkanes) is 18. The Kier molecular flexibility index (Phi) is 46.4. The second-order valence-electron chi connectivity index (χ2n) is 19.3. The van der Waals surface area contributed by atoms with E-state index in [4.69, 9.17) is 13.8 Å². The maximum Gasteiger partial charge on any atom is 0.306 e. The summed E-state index contributed by atoms with van der Waals surface area (Å²) in [5.74, 6) is -0.641. The zero-order valence-corrected chi connectivity index (χ0v) is 45.9. The topological polar surface area (TPSA) is 114 Å². The smallest absolute Gasteiger partial charge is 0.306 e. The van der Waals surface area contributed by atoms with Crippen molar-refractivity contribution < 1.29 is 37.3 Å². The van der Waals surface area contributed by atoms with Crippen molar-refractivity contribution in [2.75, 3.05) is 40.9 Å². The van der Waals surface area contributed by atoms with Gasteiger partial charge < -0.3 is 28.5 Å². The average Bonchev–Trinajstić information content (AvgIpc) is 3.31. The number of phosphoric acid groups is 1. The van der Waals surface area contributed by atoms with E-state index in [0.717, 1.165) is 89.9 Å². The number of ether oxygens (including phenoxy) is 1. The molecule has 3 atom stereocenters. The normalized spacial score (nSPS) is 14.6. The predicted octanol–water partition coefficient (Wildman–Crippen LogP) is 15.8. The van der Waals surface area contributed by atoms with Crippen LogP contribution in [0.15, 0.2) is 97.2 Å². The fraction of sp³-hybridized carbons (Fsp3) is 0.695. The first-order valence-corrected chi connectivity index (χ1v) is 29.0. The van der Waals surface area contributed by atoms with E-state index in [1.165, 1.54) is 77.0 Å². The zero-order chi connectivity index (χ0) is 50.8. The summed E-state index contributed by atoms with van der Waals surface area (Å²) in [6.07, 6.45) is 63.8. The van der Waals surface area contributed by atoms with Gasteiger partial charge in [0.25, 0.3) is 7.82 Å². The molecule has 9 nitrogen and oxygen atoms in total. The van der Waals surface area contributed by atoms with Crippen molar-refractivity contribution >= 4 is 19.7 Å². The van der Waals surface area contributed by atoms with E-state index in [1.807, 2.05) is 27.2 Å². The number of nitrogens with one attached hydrogen (secondary N) is 1. The molecule has 0 aromatic rings. The fourth-order valence-electron chi connectivity index (χ4n) is 7.23. The lowest BCUT2D eigenvalue weighted by Gasteiger charge is -2.30. The molecule has 0 saturated heterocycles. The van der Waals surface area contributed by atoms with Crippen molar-refractivity contribution in [3.05, 3.63) is 97.2 Å². The van der Waals surface area contributed by atoms with Gasteiger partial charge in [-0.15, -0.1) is 0 Å². The minimum Gasteiger partial charge on any atom is -0.756 e. The van der Waals surface area contributed by atoms with E-state index in [2.05, 4.69) is 111 Å². The molecule has 0 aromatic heterocycles. The maximum absolute atomic E-state index is 13.4. The molecule has 0 bridgehead atoms. The number of phosphoric ester groups is 1. The molecule has 3 unspecified atom stereocenters. The lowest BCUT2D eigenvalue weighted by Crippen LogP contribution is -2.47. The Morgan fingerprint density at radius 1 is 0.522 bits per heavy atom. The SMILES string of the molecule is CC/C=C/C/C=C/C/C=C/CCCCCCC(=O)OC(/C=C/CCCCCCCCCCCC)C(COP(=O)([O-])OCC[N+](C)(C)C)NC(=O)CCC/C=C\C/C=C\C/C=C\C/C=C\CCCCC. The summed E-state index contributed by atoms with van der Waals surface area (Å²) < 4.78 is 30.1. The number of allylic oxidation sites excluding steroid dienone is 15. The number of nitrogens with zero attached hydrogens (tertiary/aromatic N) is 1. The second-order valence-corrected chi connectivity index (χ2v) is 20.8. The lowest BCUT2D eigenvalue weighted by molar-refractivity contribution is -0.870. The Hall–Kier alpha value is -3.07. The van der Waals surface area contributed by atoms with Crippen molar-refractivity contribution in [1.29, 1.82) is 0 Å². The summed E-state index contributed by atoms with van der Waals surface area (Å²) in [6.45, 7) is 6.61. The largest absolute Gasteiger partial charge is 0.756 e. The number of hydrogen-bond acceptors (Lipinski definition) is 7. The van der Waals surface area contributed by atoms with Crippen LogP contribution >= 0.6 is 7.82 Å². The molecular weight excluding hydrogens is 880 g/mol. The van der Waals surface area contributed by atoms with Crippen LogP contribution in [0.2, 0.25) is 0 Å². The molecule has 0 saturated carbocycles. The summed E-state index contributed by atoms with van der Waals surface area (Å²) >= 11 is 0. The molecule has 396 valence electrons. The van der Waals surface area contributed by atoms with Gasteiger partial charge in [-0.2, -0.15) is 0 Å². The molecule has 10 heteroatoms. The van der Waals surface area contributed by atoms with Gasteiger partial charge in [-0.1, -0.05) is 195 Å². The van der Waals surface area contributed by atoms with E-state index in [1.54, 1.807) is 6.08 Å². The third-order valence-electron chi connectivity index (χ3n) is 11.5. The zero-order valence-electron chi connectivity index (χ0n) is 45.0. The van der Waals surface area contributed by atoms with Crippen molar-refractivity contribution in [2.45, 2.75) is 226 Å². The molecule has 0 fully saturated rings. The highest BCUT2D eigenvalue weighted by Gasteiger charge is 2.27. The van der Waals surface area contributed by atoms with E-state index in [0.29, 0.717) is 23.9 Å². The third-order valence-corrected chi connectivity index (χ3v) is 12.5. The Balaban J connectivity index is 5.53. The van der Waals surface area contributed by atoms with Crippen molar-refractivity contribution in [1.82, 2.24) is 5.32 Å². The van der Waals surface area contributed by atoms with E-state index in [-0.39, 0.29) is 31.3 Å². The molecule has 1 amide bonds. The summed E-state index contributed by atoms with van der Waals surface area (Å²) in [6, 6.07) is -0.930. The van der Waals surface area contributed by atoms with Gasteiger partial charge in [-0.05, 0) is 102 Å². The van der Waals surface area contributed by atoms with Gasteiger partial charge in [0, 0.05) is 12.8 Å². The van der Waals surface area contributed by atoms with Crippen molar-refractivity contribution in [2.24, 2.45) is 0 Å². The molecule has 0 spiro atoms. The van der Waals surface area contributed by atoms with Gasteiger partial charge in [-0.3, -0.25) is 14.2 Å². The maximum atomic E-state index is 13.4. The molecule has 0 rings (SSSR count). The van der Waals surface area contributed by atoms with E-state index in [9.17, 15) is 19.0 Å². The number of rotatable bonds is 48.